The van der Waals surface area contributed by atoms with Crippen molar-refractivity contribution in [1.29, 1.82) is 0 Å². The van der Waals surface area contributed by atoms with Crippen LogP contribution >= 0.6 is 0 Å². The Balaban J connectivity index is 1.34. The number of carbonyl (C=O) groups is 2. The number of rotatable bonds is 5. The molecule has 0 bridgehead atoms. The Bertz CT molecular complexity index is 1240. The highest BCUT2D eigenvalue weighted by atomic mass is 16.2. The quantitative estimate of drug-likeness (QED) is 0.608. The molecule has 1 N–H and O–H groups in total. The molecule has 7 nitrogen and oxygen atoms in total. The zero-order chi connectivity index (χ0) is 26.9. The van der Waals surface area contributed by atoms with Crippen LogP contribution in [0, 0.1) is 31.6 Å². The molecule has 1 saturated carbocycles. The number of benzene rings is 1. The van der Waals surface area contributed by atoms with Crippen LogP contribution in [0.5, 0.6) is 0 Å². The number of aromatic nitrogens is 2. The number of piperazine rings is 1. The van der Waals surface area contributed by atoms with E-state index in [1.807, 2.05) is 34.7 Å². The SMILES string of the molecule is CC#CCN1C(=O)[C@](C)(C2CCCCC2)NC(=O)C12CCN(Cc1c(C)nn(-c3ccccc3)c1C)CC2. The first kappa shape index (κ1) is 26.5. The largest absolute Gasteiger partial charge is 0.340 e. The van der Waals surface area contributed by atoms with Gasteiger partial charge in [-0.3, -0.25) is 14.5 Å². The maximum atomic E-state index is 14.1. The van der Waals surface area contributed by atoms with Crippen LogP contribution in [-0.2, 0) is 16.1 Å². The predicted octanol–water partition coefficient (Wildman–Crippen LogP) is 4.14. The van der Waals surface area contributed by atoms with Crippen LogP contribution in [0.15, 0.2) is 30.3 Å². The van der Waals surface area contributed by atoms with Crippen molar-refractivity contribution in [1.82, 2.24) is 24.9 Å². The summed E-state index contributed by atoms with van der Waals surface area (Å²) in [5, 5.41) is 8.09. The topological polar surface area (TPSA) is 70.5 Å². The van der Waals surface area contributed by atoms with E-state index in [0.29, 0.717) is 19.4 Å². The van der Waals surface area contributed by atoms with E-state index in [2.05, 4.69) is 48.0 Å². The minimum Gasteiger partial charge on any atom is -0.340 e. The number of carbonyl (C=O) groups excluding carboxylic acids is 2. The summed E-state index contributed by atoms with van der Waals surface area (Å²) >= 11 is 0. The van der Waals surface area contributed by atoms with Crippen LogP contribution in [0.3, 0.4) is 0 Å². The standard InChI is InChI=1S/C31H41N5O2/c1-5-6-19-35-29(38)30(4,25-13-9-7-10-14-25)32-28(37)31(35)17-20-34(21-18-31)22-27-23(2)33-36(24(27)3)26-15-11-8-12-16-26/h8,11-12,15-16,25H,7,9-10,13-14,17-22H2,1-4H3,(H,32,37)/t30-/m0/s1. The Morgan fingerprint density at radius 1 is 1.05 bits per heavy atom. The lowest BCUT2D eigenvalue weighted by atomic mass is 9.70. The summed E-state index contributed by atoms with van der Waals surface area (Å²) < 4.78 is 2.01. The Kier molecular flexibility index (Phi) is 7.37. The first-order valence-corrected chi connectivity index (χ1v) is 14.2. The summed E-state index contributed by atoms with van der Waals surface area (Å²) in [5.74, 6) is 6.32. The first-order chi connectivity index (χ1) is 18.3. The predicted molar refractivity (Wildman–Crippen MR) is 149 cm³/mol. The van der Waals surface area contributed by atoms with Gasteiger partial charge in [-0.25, -0.2) is 4.68 Å². The van der Waals surface area contributed by atoms with Crippen LogP contribution in [-0.4, -0.2) is 62.1 Å². The van der Waals surface area contributed by atoms with Gasteiger partial charge in [-0.2, -0.15) is 5.10 Å². The van der Waals surface area contributed by atoms with Gasteiger partial charge in [0, 0.05) is 30.9 Å². The first-order valence-electron chi connectivity index (χ1n) is 14.2. The van der Waals surface area contributed by atoms with Gasteiger partial charge in [0.05, 0.1) is 17.9 Å². The number of hydrogen-bond donors (Lipinski definition) is 1. The summed E-state index contributed by atoms with van der Waals surface area (Å²) in [6, 6.07) is 10.2. The Morgan fingerprint density at radius 2 is 1.74 bits per heavy atom. The molecule has 38 heavy (non-hydrogen) atoms. The molecule has 0 unspecified atom stereocenters. The highest BCUT2D eigenvalue weighted by Crippen LogP contribution is 2.41. The zero-order valence-corrected chi connectivity index (χ0v) is 23.3. The molecule has 2 aliphatic heterocycles. The number of para-hydroxylation sites is 1. The molecule has 0 radical (unpaired) electrons. The highest BCUT2D eigenvalue weighted by molar-refractivity contribution is 6.02. The van der Waals surface area contributed by atoms with E-state index >= 15 is 0 Å². The van der Waals surface area contributed by atoms with Gasteiger partial charge in [0.2, 0.25) is 11.8 Å². The number of aryl methyl sites for hydroxylation is 1. The van der Waals surface area contributed by atoms with E-state index in [4.69, 9.17) is 5.10 Å². The van der Waals surface area contributed by atoms with Gasteiger partial charge in [0.25, 0.3) is 0 Å². The summed E-state index contributed by atoms with van der Waals surface area (Å²) in [5.41, 5.74) is 2.79. The molecule has 3 heterocycles. The number of amides is 2. The van der Waals surface area contributed by atoms with Crippen LogP contribution in [0.4, 0.5) is 0 Å². The Labute approximate surface area is 226 Å². The summed E-state index contributed by atoms with van der Waals surface area (Å²) in [6.45, 7) is 10.5. The molecule has 1 spiro atoms. The average molecular weight is 516 g/mol. The maximum Gasteiger partial charge on any atom is 0.250 e. The van der Waals surface area contributed by atoms with Crippen molar-refractivity contribution >= 4 is 11.8 Å². The molecule has 3 aliphatic rings. The van der Waals surface area contributed by atoms with E-state index in [0.717, 1.165) is 62.4 Å². The molecule has 1 atom stereocenters. The molecule has 2 amide bonds. The van der Waals surface area contributed by atoms with Crippen LogP contribution < -0.4 is 5.32 Å². The van der Waals surface area contributed by atoms with Crippen molar-refractivity contribution in [2.45, 2.75) is 90.3 Å². The van der Waals surface area contributed by atoms with Crippen molar-refractivity contribution in [3.8, 4) is 17.5 Å². The second-order valence-corrected chi connectivity index (χ2v) is 11.5. The third kappa shape index (κ3) is 4.53. The van der Waals surface area contributed by atoms with Gasteiger partial charge in [0.1, 0.15) is 11.1 Å². The molecule has 202 valence electrons. The van der Waals surface area contributed by atoms with Crippen molar-refractivity contribution in [2.75, 3.05) is 19.6 Å². The van der Waals surface area contributed by atoms with E-state index in [9.17, 15) is 9.59 Å². The monoisotopic (exact) mass is 515 g/mol. The number of piperidine rings is 1. The van der Waals surface area contributed by atoms with Gasteiger partial charge in [-0.15, -0.1) is 5.92 Å². The van der Waals surface area contributed by atoms with E-state index in [1.54, 1.807) is 6.92 Å². The fourth-order valence-corrected chi connectivity index (χ4v) is 6.87. The van der Waals surface area contributed by atoms with Crippen molar-refractivity contribution in [2.24, 2.45) is 5.92 Å². The number of nitrogens with zero attached hydrogens (tertiary/aromatic N) is 4. The molecule has 5 rings (SSSR count). The lowest BCUT2D eigenvalue weighted by Crippen LogP contribution is -2.78. The van der Waals surface area contributed by atoms with Crippen molar-refractivity contribution in [3.63, 3.8) is 0 Å². The molecule has 3 fully saturated rings. The number of likely N-dealkylation sites (tertiary alicyclic amines) is 1. The minimum absolute atomic E-state index is 0.00647. The summed E-state index contributed by atoms with van der Waals surface area (Å²) in [7, 11) is 0. The van der Waals surface area contributed by atoms with Gasteiger partial charge in [0.15, 0.2) is 0 Å². The summed E-state index contributed by atoms with van der Waals surface area (Å²) in [4.78, 5) is 32.2. The zero-order valence-electron chi connectivity index (χ0n) is 23.3. The second-order valence-electron chi connectivity index (χ2n) is 11.5. The third-order valence-electron chi connectivity index (χ3n) is 9.34. The maximum absolute atomic E-state index is 14.1. The van der Waals surface area contributed by atoms with Crippen LogP contribution in [0.2, 0.25) is 0 Å². The van der Waals surface area contributed by atoms with Crippen LogP contribution in [0.25, 0.3) is 5.69 Å². The highest BCUT2D eigenvalue weighted by Gasteiger charge is 2.59. The van der Waals surface area contributed by atoms with Crippen molar-refractivity contribution < 1.29 is 9.59 Å². The Morgan fingerprint density at radius 3 is 2.39 bits per heavy atom. The van der Waals surface area contributed by atoms with Gasteiger partial charge in [-0.1, -0.05) is 43.4 Å². The minimum atomic E-state index is -0.838. The Hall–Kier alpha value is -3.11. The fourth-order valence-electron chi connectivity index (χ4n) is 6.87. The smallest absolute Gasteiger partial charge is 0.250 e. The normalized spacial score (nSPS) is 24.3. The molecule has 2 saturated heterocycles. The lowest BCUT2D eigenvalue weighted by molar-refractivity contribution is -0.168. The molecule has 1 aromatic heterocycles. The van der Waals surface area contributed by atoms with Gasteiger partial charge in [-0.05, 0) is 71.4 Å². The lowest BCUT2D eigenvalue weighted by Gasteiger charge is -2.55. The van der Waals surface area contributed by atoms with Crippen LogP contribution in [0.1, 0.15) is 75.7 Å². The van der Waals surface area contributed by atoms with E-state index in [-0.39, 0.29) is 17.7 Å². The molecule has 1 aromatic carbocycles. The number of nitrogens with one attached hydrogen (secondary N) is 1. The third-order valence-corrected chi connectivity index (χ3v) is 9.34. The second kappa shape index (κ2) is 10.6. The van der Waals surface area contributed by atoms with E-state index in [1.165, 1.54) is 12.0 Å². The van der Waals surface area contributed by atoms with E-state index < -0.39 is 11.1 Å². The number of hydrogen-bond acceptors (Lipinski definition) is 4. The van der Waals surface area contributed by atoms with Gasteiger partial charge < -0.3 is 10.2 Å². The average Bonchev–Trinajstić information content (AvgIpc) is 3.22. The molecular weight excluding hydrogens is 474 g/mol. The fraction of sp³-hybridized carbons (Fsp3) is 0.581. The molecule has 2 aromatic rings. The summed E-state index contributed by atoms with van der Waals surface area (Å²) in [6.07, 6.45) is 6.67. The van der Waals surface area contributed by atoms with Crippen molar-refractivity contribution in [3.05, 3.63) is 47.3 Å². The molecule has 1 aliphatic carbocycles. The molecule has 7 heteroatoms. The van der Waals surface area contributed by atoms with Gasteiger partial charge >= 0.3 is 0 Å². The molecular formula is C31H41N5O2.